The van der Waals surface area contributed by atoms with E-state index in [-0.39, 0.29) is 34.4 Å². The molecule has 0 aliphatic carbocycles. The Kier molecular flexibility index (Phi) is 8.64. The highest BCUT2D eigenvalue weighted by Crippen LogP contribution is 2.40. The van der Waals surface area contributed by atoms with E-state index in [0.29, 0.717) is 11.3 Å². The molecule has 0 aromatic carbocycles. The van der Waals surface area contributed by atoms with E-state index >= 15 is 0 Å². The van der Waals surface area contributed by atoms with Gasteiger partial charge >= 0.3 is 11.9 Å². The quantitative estimate of drug-likeness (QED) is 0.159. The molecule has 0 spiro atoms. The fraction of sp³-hybridized carbons (Fsp3) is 0.478. The number of amides is 2. The number of aromatic nitrogens is 1. The van der Waals surface area contributed by atoms with Gasteiger partial charge in [0.25, 0.3) is 11.8 Å². The predicted molar refractivity (Wildman–Crippen MR) is 138 cm³/mol. The number of hydrogen-bond acceptors (Lipinski definition) is 12. The van der Waals surface area contributed by atoms with Crippen molar-refractivity contribution < 1.29 is 33.5 Å². The predicted octanol–water partition coefficient (Wildman–Crippen LogP) is 1.58. The topological polar surface area (TPSA) is 163 Å². The minimum Gasteiger partial charge on any atom is -0.457 e. The van der Waals surface area contributed by atoms with Crippen molar-refractivity contribution in [1.82, 2.24) is 15.2 Å². The fourth-order valence-electron chi connectivity index (χ4n) is 3.48. The summed E-state index contributed by atoms with van der Waals surface area (Å²) in [7, 11) is 1.28. The molecule has 12 nitrogen and oxygen atoms in total. The number of thiazole rings is 1. The van der Waals surface area contributed by atoms with Crippen LogP contribution in [0.5, 0.6) is 0 Å². The number of rotatable bonds is 8. The molecule has 14 heteroatoms. The largest absolute Gasteiger partial charge is 0.457 e. The number of fused-ring (bicyclic) bond motifs is 1. The number of nitrogen functional groups attached to an aromatic ring is 1. The van der Waals surface area contributed by atoms with Gasteiger partial charge in [-0.2, -0.15) is 0 Å². The van der Waals surface area contributed by atoms with Crippen LogP contribution in [0.4, 0.5) is 5.13 Å². The van der Waals surface area contributed by atoms with E-state index in [2.05, 4.69) is 15.5 Å². The molecule has 2 amide bonds. The van der Waals surface area contributed by atoms with Crippen molar-refractivity contribution in [2.24, 2.45) is 5.16 Å². The van der Waals surface area contributed by atoms with Gasteiger partial charge in [0, 0.05) is 11.1 Å². The molecule has 37 heavy (non-hydrogen) atoms. The van der Waals surface area contributed by atoms with Crippen LogP contribution in [0.25, 0.3) is 0 Å². The maximum atomic E-state index is 13.0. The number of nitrogens with one attached hydrogen (secondary N) is 1. The summed E-state index contributed by atoms with van der Waals surface area (Å²) in [5, 5.41) is 7.64. The Morgan fingerprint density at radius 2 is 2.05 bits per heavy atom. The molecular formula is C23H29N5O7S2. The summed E-state index contributed by atoms with van der Waals surface area (Å²) >= 11 is 2.53. The third kappa shape index (κ3) is 6.31. The summed E-state index contributed by atoms with van der Waals surface area (Å²) < 4.78 is 10.7. The maximum Gasteiger partial charge on any atom is 0.355 e. The second-order valence-corrected chi connectivity index (χ2v) is 11.1. The molecule has 3 rings (SSSR count). The Morgan fingerprint density at radius 3 is 2.62 bits per heavy atom. The van der Waals surface area contributed by atoms with E-state index in [1.165, 1.54) is 29.8 Å². The molecule has 3 heterocycles. The lowest BCUT2D eigenvalue weighted by Gasteiger charge is -2.49. The average Bonchev–Trinajstić information content (AvgIpc) is 3.25. The van der Waals surface area contributed by atoms with Gasteiger partial charge < -0.3 is 25.4 Å². The second-order valence-electron chi connectivity index (χ2n) is 9.08. The molecule has 0 saturated carbocycles. The molecule has 2 aliphatic heterocycles. The smallest absolute Gasteiger partial charge is 0.355 e. The van der Waals surface area contributed by atoms with Crippen molar-refractivity contribution in [1.29, 1.82) is 0 Å². The summed E-state index contributed by atoms with van der Waals surface area (Å²) in [5.74, 6) is -2.05. The molecular weight excluding hydrogens is 522 g/mol. The van der Waals surface area contributed by atoms with E-state index in [9.17, 15) is 19.2 Å². The maximum absolute atomic E-state index is 13.0. The van der Waals surface area contributed by atoms with Gasteiger partial charge in [-0.15, -0.1) is 23.1 Å². The molecule has 1 aromatic rings. The van der Waals surface area contributed by atoms with Gasteiger partial charge in [-0.05, 0) is 40.2 Å². The molecule has 2 atom stereocenters. The third-order valence-electron chi connectivity index (χ3n) is 5.17. The van der Waals surface area contributed by atoms with Gasteiger partial charge in [-0.1, -0.05) is 11.2 Å². The van der Waals surface area contributed by atoms with E-state index in [4.69, 9.17) is 20.0 Å². The fourth-order valence-corrected chi connectivity index (χ4v) is 5.32. The van der Waals surface area contributed by atoms with Crippen LogP contribution >= 0.6 is 23.1 Å². The van der Waals surface area contributed by atoms with Gasteiger partial charge in [0.15, 0.2) is 10.8 Å². The highest BCUT2D eigenvalue weighted by molar-refractivity contribution is 8.00. The number of anilines is 1. The van der Waals surface area contributed by atoms with Crippen LogP contribution in [0.1, 0.15) is 40.3 Å². The molecule has 2 aliphatic rings. The first kappa shape index (κ1) is 28.2. The Morgan fingerprint density at radius 1 is 1.35 bits per heavy atom. The number of oxime groups is 1. The summed E-state index contributed by atoms with van der Waals surface area (Å²) in [6.07, 6.45) is 1.51. The monoisotopic (exact) mass is 551 g/mol. The van der Waals surface area contributed by atoms with Gasteiger partial charge in [-0.25, -0.2) is 14.6 Å². The number of thioether (sulfide) groups is 1. The van der Waals surface area contributed by atoms with E-state index in [1.807, 2.05) is 0 Å². The zero-order valence-electron chi connectivity index (χ0n) is 21.3. The number of nitrogens with two attached hydrogens (primary N) is 1. The number of esters is 2. The molecule has 1 aromatic heterocycles. The zero-order chi connectivity index (χ0) is 27.5. The molecule has 0 unspecified atom stereocenters. The minimum atomic E-state index is -0.903. The van der Waals surface area contributed by atoms with Gasteiger partial charge in [0.05, 0.1) is 5.57 Å². The highest BCUT2D eigenvalue weighted by Gasteiger charge is 2.54. The minimum absolute atomic E-state index is 0.0944. The average molecular weight is 552 g/mol. The Bertz CT molecular complexity index is 1200. The lowest BCUT2D eigenvalue weighted by atomic mass is 10.0. The van der Waals surface area contributed by atoms with Gasteiger partial charge in [0.1, 0.15) is 42.1 Å². The first-order valence-electron chi connectivity index (χ1n) is 11.2. The number of carbonyl (C=O) groups excluding carboxylic acids is 4. The highest BCUT2D eigenvalue weighted by atomic mass is 32.2. The standard InChI is InChI=1S/C23H29N5O7S2/c1-7-12(20(31)35-23(3,4)5)8-34-21(32)16-11(2)9-36-19-15(18(30)28(16)19)26-17(29)14(27-33-6)13-10-37-22(24)25-13/h7,10,15,19H,8-9H2,1-6H3,(H2,24,25)(H,26,29)/b12-7?,27-14-/t15-,19-/m1/s1. The number of hydrogen-bond donors (Lipinski definition) is 2. The van der Waals surface area contributed by atoms with Crippen LogP contribution in [0.3, 0.4) is 0 Å². The van der Waals surface area contributed by atoms with Crippen LogP contribution in [-0.2, 0) is 33.5 Å². The van der Waals surface area contributed by atoms with Crippen LogP contribution in [-0.4, -0.2) is 75.8 Å². The van der Waals surface area contributed by atoms with E-state index in [1.54, 1.807) is 40.0 Å². The first-order chi connectivity index (χ1) is 17.4. The van der Waals surface area contributed by atoms with Crippen LogP contribution in [0.2, 0.25) is 0 Å². The lowest BCUT2D eigenvalue weighted by molar-refractivity contribution is -0.154. The number of carbonyl (C=O) groups is 4. The van der Waals surface area contributed by atoms with Gasteiger partial charge in [-0.3, -0.25) is 14.5 Å². The lowest BCUT2D eigenvalue weighted by Crippen LogP contribution is -2.71. The number of ether oxygens (including phenoxy) is 2. The molecule has 0 radical (unpaired) electrons. The number of β-lactam (4-membered cyclic amide) rings is 1. The normalized spacial score (nSPS) is 20.2. The summed E-state index contributed by atoms with van der Waals surface area (Å²) in [6, 6.07) is -0.903. The van der Waals surface area contributed by atoms with Crippen molar-refractivity contribution in [2.75, 3.05) is 25.2 Å². The van der Waals surface area contributed by atoms with Crippen molar-refractivity contribution in [3.8, 4) is 0 Å². The molecule has 1 fully saturated rings. The van der Waals surface area contributed by atoms with E-state index in [0.717, 1.165) is 11.3 Å². The SMILES string of the molecule is CC=C(COC(=O)C1=C(C)CS[C@@H]2[C@H](NC(=O)/C(=N\OC)c3csc(N)n3)C(=O)N12)C(=O)OC(C)(C)C. The van der Waals surface area contributed by atoms with Crippen LogP contribution in [0, 0.1) is 0 Å². The van der Waals surface area contributed by atoms with Crippen molar-refractivity contribution in [3.05, 3.63) is 34.0 Å². The molecule has 3 N–H and O–H groups in total. The third-order valence-corrected chi connectivity index (χ3v) is 7.27. The van der Waals surface area contributed by atoms with Crippen molar-refractivity contribution in [2.45, 2.75) is 51.6 Å². The second kappa shape index (κ2) is 11.3. The van der Waals surface area contributed by atoms with E-state index < -0.39 is 40.8 Å². The van der Waals surface area contributed by atoms with Crippen molar-refractivity contribution >= 4 is 57.7 Å². The zero-order valence-corrected chi connectivity index (χ0v) is 22.9. The number of nitrogens with zero attached hydrogens (tertiary/aromatic N) is 3. The summed E-state index contributed by atoms with van der Waals surface area (Å²) in [5.41, 5.74) is 5.95. The molecule has 200 valence electrons. The Hall–Kier alpha value is -3.39. The first-order valence-corrected chi connectivity index (χ1v) is 13.1. The van der Waals surface area contributed by atoms with Crippen LogP contribution < -0.4 is 11.1 Å². The molecule has 0 bridgehead atoms. The summed E-state index contributed by atoms with van der Waals surface area (Å²) in [4.78, 5) is 61.3. The van der Waals surface area contributed by atoms with Crippen LogP contribution in [0.15, 0.2) is 33.5 Å². The summed E-state index contributed by atoms with van der Waals surface area (Å²) in [6.45, 7) is 8.25. The Balaban J connectivity index is 1.68. The van der Waals surface area contributed by atoms with Crippen molar-refractivity contribution in [3.63, 3.8) is 0 Å². The Labute approximate surface area is 222 Å². The number of allylic oxidation sites excluding steroid dienone is 1. The molecule has 1 saturated heterocycles. The van der Waals surface area contributed by atoms with Gasteiger partial charge in [0.2, 0.25) is 0 Å².